The zero-order valence-corrected chi connectivity index (χ0v) is 14.5. The Morgan fingerprint density at radius 3 is 2.55 bits per heavy atom. The number of rotatable bonds is 7. The van der Waals surface area contributed by atoms with Gasteiger partial charge in [-0.05, 0) is 63.2 Å². The number of ether oxygens (including phenoxy) is 1. The Morgan fingerprint density at radius 2 is 2.00 bits per heavy atom. The molecule has 0 amide bonds. The molecule has 1 spiro atoms. The van der Waals surface area contributed by atoms with Crippen LogP contribution in [0.2, 0.25) is 0 Å². The summed E-state index contributed by atoms with van der Waals surface area (Å²) in [5.74, 6) is 1.16. The van der Waals surface area contributed by atoms with Crippen LogP contribution in [0.1, 0.15) is 58.8 Å². The van der Waals surface area contributed by atoms with Crippen molar-refractivity contribution >= 4 is 5.96 Å². The van der Waals surface area contributed by atoms with Gasteiger partial charge in [-0.25, -0.2) is 0 Å². The average Bonchev–Trinajstić information content (AvgIpc) is 3.09. The zero-order chi connectivity index (χ0) is 15.5. The lowest BCUT2D eigenvalue weighted by molar-refractivity contribution is 0.129. The van der Waals surface area contributed by atoms with E-state index < -0.39 is 0 Å². The Morgan fingerprint density at radius 1 is 1.18 bits per heavy atom. The van der Waals surface area contributed by atoms with Crippen LogP contribution in [-0.4, -0.2) is 50.3 Å². The number of likely N-dealkylation sites (tertiary alicyclic amines) is 1. The molecule has 0 aromatic rings. The molecule has 1 saturated heterocycles. The minimum atomic E-state index is 0.448. The van der Waals surface area contributed by atoms with Crippen molar-refractivity contribution in [3.63, 3.8) is 0 Å². The zero-order valence-electron chi connectivity index (χ0n) is 14.5. The van der Waals surface area contributed by atoms with Crippen molar-refractivity contribution in [3.8, 4) is 0 Å². The molecular formula is C18H33N3O. The van der Waals surface area contributed by atoms with Gasteiger partial charge in [-0.2, -0.15) is 0 Å². The Hall–Kier alpha value is -0.770. The molecule has 4 heteroatoms. The van der Waals surface area contributed by atoms with Gasteiger partial charge in [0.15, 0.2) is 5.96 Å². The number of guanidine groups is 1. The van der Waals surface area contributed by atoms with Gasteiger partial charge < -0.3 is 15.0 Å². The molecule has 1 aliphatic heterocycles. The van der Waals surface area contributed by atoms with E-state index in [1.165, 1.54) is 58.0 Å². The molecule has 126 valence electrons. The standard InChI is InChI=1S/C18H33N3O/c1-3-19-16(21-12-10-18(15-21)6-5-7-18)20-14-17(8-9-17)11-13-22-4-2/h3-15H2,1-2H3,(H,19,20). The molecule has 0 aromatic carbocycles. The second kappa shape index (κ2) is 6.77. The predicted octanol–water partition coefficient (Wildman–Crippen LogP) is 3.03. The minimum absolute atomic E-state index is 0.448. The van der Waals surface area contributed by atoms with Crippen molar-refractivity contribution < 1.29 is 4.74 Å². The third-order valence-electron chi connectivity index (χ3n) is 5.99. The van der Waals surface area contributed by atoms with Crippen molar-refractivity contribution in [1.29, 1.82) is 0 Å². The molecule has 2 aliphatic carbocycles. The van der Waals surface area contributed by atoms with Crippen LogP contribution in [0.15, 0.2) is 4.99 Å². The van der Waals surface area contributed by atoms with E-state index in [0.717, 1.165) is 32.3 Å². The van der Waals surface area contributed by atoms with Gasteiger partial charge in [0, 0.05) is 39.4 Å². The quantitative estimate of drug-likeness (QED) is 0.446. The maximum absolute atomic E-state index is 5.54. The molecule has 2 saturated carbocycles. The highest BCUT2D eigenvalue weighted by atomic mass is 16.5. The van der Waals surface area contributed by atoms with Gasteiger partial charge >= 0.3 is 0 Å². The van der Waals surface area contributed by atoms with Gasteiger partial charge in [0.05, 0.1) is 0 Å². The van der Waals surface area contributed by atoms with Crippen molar-refractivity contribution in [2.45, 2.75) is 58.8 Å². The smallest absolute Gasteiger partial charge is 0.193 e. The molecule has 0 bridgehead atoms. The first kappa shape index (κ1) is 16.1. The molecule has 0 unspecified atom stereocenters. The highest BCUT2D eigenvalue weighted by molar-refractivity contribution is 5.80. The third-order valence-corrected chi connectivity index (χ3v) is 5.99. The fourth-order valence-electron chi connectivity index (χ4n) is 3.97. The number of nitrogens with one attached hydrogen (secondary N) is 1. The maximum atomic E-state index is 5.54. The van der Waals surface area contributed by atoms with E-state index >= 15 is 0 Å². The van der Waals surface area contributed by atoms with E-state index in [1.54, 1.807) is 0 Å². The van der Waals surface area contributed by atoms with E-state index in [-0.39, 0.29) is 0 Å². The molecule has 3 rings (SSSR count). The molecule has 0 aromatic heterocycles. The third kappa shape index (κ3) is 3.58. The van der Waals surface area contributed by atoms with Gasteiger partial charge in [0.1, 0.15) is 0 Å². The van der Waals surface area contributed by atoms with Crippen LogP contribution in [0.5, 0.6) is 0 Å². The Balaban J connectivity index is 1.54. The Labute approximate surface area is 135 Å². The summed E-state index contributed by atoms with van der Waals surface area (Å²) in [7, 11) is 0. The lowest BCUT2D eigenvalue weighted by atomic mass is 9.68. The van der Waals surface area contributed by atoms with Gasteiger partial charge in [-0.15, -0.1) is 0 Å². The Bertz CT molecular complexity index is 399. The van der Waals surface area contributed by atoms with Crippen LogP contribution >= 0.6 is 0 Å². The number of hydrogen-bond donors (Lipinski definition) is 1. The molecule has 4 nitrogen and oxygen atoms in total. The summed E-state index contributed by atoms with van der Waals surface area (Å²) in [6.45, 7) is 10.3. The first-order valence-corrected chi connectivity index (χ1v) is 9.32. The summed E-state index contributed by atoms with van der Waals surface area (Å²) in [4.78, 5) is 7.52. The Kier molecular flexibility index (Phi) is 4.96. The van der Waals surface area contributed by atoms with Crippen LogP contribution in [0.3, 0.4) is 0 Å². The van der Waals surface area contributed by atoms with Crippen LogP contribution in [0.25, 0.3) is 0 Å². The highest BCUT2D eigenvalue weighted by Gasteiger charge is 2.44. The van der Waals surface area contributed by atoms with Crippen LogP contribution < -0.4 is 5.32 Å². The summed E-state index contributed by atoms with van der Waals surface area (Å²) in [5.41, 5.74) is 1.09. The minimum Gasteiger partial charge on any atom is -0.382 e. The topological polar surface area (TPSA) is 36.9 Å². The van der Waals surface area contributed by atoms with E-state index in [4.69, 9.17) is 9.73 Å². The summed E-state index contributed by atoms with van der Waals surface area (Å²) in [6, 6.07) is 0. The van der Waals surface area contributed by atoms with Gasteiger partial charge in [-0.1, -0.05) is 6.42 Å². The molecule has 0 atom stereocenters. The first-order chi connectivity index (χ1) is 10.7. The average molecular weight is 307 g/mol. The van der Waals surface area contributed by atoms with Gasteiger partial charge in [0.25, 0.3) is 0 Å². The van der Waals surface area contributed by atoms with E-state index in [1.807, 2.05) is 0 Å². The molecule has 3 fully saturated rings. The van der Waals surface area contributed by atoms with Crippen molar-refractivity contribution in [2.75, 3.05) is 39.4 Å². The fraction of sp³-hybridized carbons (Fsp3) is 0.944. The molecule has 22 heavy (non-hydrogen) atoms. The molecule has 1 heterocycles. The molecule has 3 aliphatic rings. The van der Waals surface area contributed by atoms with Gasteiger partial charge in [-0.3, -0.25) is 4.99 Å². The first-order valence-electron chi connectivity index (χ1n) is 9.32. The summed E-state index contributed by atoms with van der Waals surface area (Å²) >= 11 is 0. The fourth-order valence-corrected chi connectivity index (χ4v) is 3.97. The monoisotopic (exact) mass is 307 g/mol. The van der Waals surface area contributed by atoms with E-state index in [2.05, 4.69) is 24.1 Å². The lowest BCUT2D eigenvalue weighted by Gasteiger charge is -2.38. The SMILES string of the molecule is CCNC(=NCC1(CCOCC)CC1)N1CCC2(CCC2)C1. The van der Waals surface area contributed by atoms with Crippen molar-refractivity contribution in [2.24, 2.45) is 15.8 Å². The van der Waals surface area contributed by atoms with E-state index in [0.29, 0.717) is 10.8 Å². The number of nitrogens with zero attached hydrogens (tertiary/aromatic N) is 2. The second-order valence-corrected chi connectivity index (χ2v) is 7.64. The van der Waals surface area contributed by atoms with E-state index in [9.17, 15) is 0 Å². The predicted molar refractivity (Wildman–Crippen MR) is 91.2 cm³/mol. The van der Waals surface area contributed by atoms with Crippen molar-refractivity contribution in [1.82, 2.24) is 10.2 Å². The van der Waals surface area contributed by atoms with Crippen LogP contribution in [0.4, 0.5) is 0 Å². The molecular weight excluding hydrogens is 274 g/mol. The largest absolute Gasteiger partial charge is 0.382 e. The summed E-state index contributed by atoms with van der Waals surface area (Å²) in [6.07, 6.45) is 9.49. The normalized spacial score (nSPS) is 25.4. The maximum Gasteiger partial charge on any atom is 0.193 e. The molecule has 1 N–H and O–H groups in total. The number of aliphatic imine (C=N–C) groups is 1. The molecule has 0 radical (unpaired) electrons. The van der Waals surface area contributed by atoms with Crippen LogP contribution in [0, 0.1) is 10.8 Å². The highest BCUT2D eigenvalue weighted by Crippen LogP contribution is 2.50. The van der Waals surface area contributed by atoms with Crippen LogP contribution in [-0.2, 0) is 4.74 Å². The summed E-state index contributed by atoms with van der Waals surface area (Å²) in [5, 5.41) is 3.52. The number of hydrogen-bond acceptors (Lipinski definition) is 2. The van der Waals surface area contributed by atoms with Crippen molar-refractivity contribution in [3.05, 3.63) is 0 Å². The summed E-state index contributed by atoms with van der Waals surface area (Å²) < 4.78 is 5.54. The van der Waals surface area contributed by atoms with Gasteiger partial charge in [0.2, 0.25) is 0 Å². The second-order valence-electron chi connectivity index (χ2n) is 7.64. The lowest BCUT2D eigenvalue weighted by Crippen LogP contribution is -2.42.